The Kier molecular flexibility index (Phi) is 4.29. The summed E-state index contributed by atoms with van der Waals surface area (Å²) in [5.41, 5.74) is 0.272. The van der Waals surface area contributed by atoms with Gasteiger partial charge >= 0.3 is 5.97 Å². The van der Waals surface area contributed by atoms with Gasteiger partial charge in [-0.1, -0.05) is 55.4 Å². The van der Waals surface area contributed by atoms with Crippen LogP contribution in [0.4, 0.5) is 0 Å². The van der Waals surface area contributed by atoms with Crippen molar-refractivity contribution in [1.29, 1.82) is 0 Å². The highest BCUT2D eigenvalue weighted by Gasteiger charge is 2.73. The molecule has 0 N–H and O–H groups in total. The third-order valence-electron chi connectivity index (χ3n) is 11.0. The zero-order valence-electron chi connectivity index (χ0n) is 19.9. The molecule has 0 radical (unpaired) electrons. The van der Waals surface area contributed by atoms with Crippen LogP contribution in [0.5, 0.6) is 0 Å². The van der Waals surface area contributed by atoms with Crippen molar-refractivity contribution in [2.24, 2.45) is 51.2 Å². The molecule has 0 saturated heterocycles. The standard InChI is InChI=1S/C26H44O2/c1-16(2)18(4)26(15-22(26,5)6)21(27)28-24(9)12-13-25-14-20(24)23(7,8)19(25)11-10-17(25)3/h16-20H,10-15H2,1-9H3. The molecule has 4 rings (SSSR count). The summed E-state index contributed by atoms with van der Waals surface area (Å²) in [5, 5.41) is 0. The average Bonchev–Trinajstić information content (AvgIpc) is 2.93. The summed E-state index contributed by atoms with van der Waals surface area (Å²) in [6, 6.07) is 0. The molecule has 0 aromatic carbocycles. The van der Waals surface area contributed by atoms with Crippen LogP contribution in [0.1, 0.15) is 101 Å². The minimum absolute atomic E-state index is 0.0657. The predicted molar refractivity (Wildman–Crippen MR) is 115 cm³/mol. The van der Waals surface area contributed by atoms with Crippen LogP contribution in [0.25, 0.3) is 0 Å². The van der Waals surface area contributed by atoms with E-state index < -0.39 is 0 Å². The van der Waals surface area contributed by atoms with E-state index in [2.05, 4.69) is 62.3 Å². The number of fused-ring (bicyclic) bond motifs is 1. The van der Waals surface area contributed by atoms with E-state index in [1.807, 2.05) is 0 Å². The van der Waals surface area contributed by atoms with E-state index >= 15 is 0 Å². The van der Waals surface area contributed by atoms with Gasteiger partial charge in [-0.15, -0.1) is 0 Å². The van der Waals surface area contributed by atoms with E-state index in [4.69, 9.17) is 4.74 Å². The fraction of sp³-hybridized carbons (Fsp3) is 0.962. The second-order valence-electron chi connectivity index (χ2n) is 13.1. The number of carbonyl (C=O) groups excluding carboxylic acids is 1. The third-order valence-corrected chi connectivity index (χ3v) is 11.0. The second-order valence-corrected chi connectivity index (χ2v) is 13.1. The van der Waals surface area contributed by atoms with Crippen LogP contribution in [-0.4, -0.2) is 11.6 Å². The summed E-state index contributed by atoms with van der Waals surface area (Å²) in [5.74, 6) is 3.11. The van der Waals surface area contributed by atoms with Gasteiger partial charge in [-0.2, -0.15) is 0 Å². The lowest BCUT2D eigenvalue weighted by molar-refractivity contribution is -0.185. The average molecular weight is 389 g/mol. The van der Waals surface area contributed by atoms with Gasteiger partial charge in [-0.05, 0) is 85.4 Å². The Hall–Kier alpha value is -0.530. The Morgan fingerprint density at radius 2 is 1.57 bits per heavy atom. The molecule has 0 heterocycles. The number of esters is 1. The number of hydrogen-bond donors (Lipinski definition) is 0. The Labute approximate surface area is 173 Å². The number of carbonyl (C=O) groups is 1. The van der Waals surface area contributed by atoms with Crippen molar-refractivity contribution >= 4 is 5.97 Å². The van der Waals surface area contributed by atoms with E-state index in [0.29, 0.717) is 23.2 Å². The van der Waals surface area contributed by atoms with Crippen molar-refractivity contribution in [3.05, 3.63) is 0 Å². The maximum Gasteiger partial charge on any atom is 0.313 e. The molecule has 4 saturated carbocycles. The maximum absolute atomic E-state index is 13.7. The predicted octanol–water partition coefficient (Wildman–Crippen LogP) is 6.87. The summed E-state index contributed by atoms with van der Waals surface area (Å²) in [4.78, 5) is 13.7. The molecule has 7 atom stereocenters. The molecule has 1 spiro atoms. The van der Waals surface area contributed by atoms with Gasteiger partial charge in [-0.25, -0.2) is 0 Å². The lowest BCUT2D eigenvalue weighted by Gasteiger charge is -2.47. The maximum atomic E-state index is 13.7. The molecule has 160 valence electrons. The van der Waals surface area contributed by atoms with Crippen molar-refractivity contribution in [2.75, 3.05) is 0 Å². The van der Waals surface area contributed by atoms with Crippen LogP contribution in [0.15, 0.2) is 0 Å². The van der Waals surface area contributed by atoms with E-state index in [0.717, 1.165) is 24.7 Å². The normalized spacial score (nSPS) is 49.0. The molecular weight excluding hydrogens is 344 g/mol. The van der Waals surface area contributed by atoms with Crippen molar-refractivity contribution in [1.82, 2.24) is 0 Å². The quantitative estimate of drug-likeness (QED) is 0.491. The molecule has 7 unspecified atom stereocenters. The summed E-state index contributed by atoms with van der Waals surface area (Å²) in [6.45, 7) is 21.0. The topological polar surface area (TPSA) is 26.3 Å². The molecule has 0 aromatic rings. The number of ether oxygens (including phenoxy) is 1. The summed E-state index contributed by atoms with van der Waals surface area (Å²) >= 11 is 0. The van der Waals surface area contributed by atoms with Crippen molar-refractivity contribution < 1.29 is 9.53 Å². The Balaban J connectivity index is 1.62. The number of rotatable bonds is 4. The van der Waals surface area contributed by atoms with E-state index in [-0.39, 0.29) is 27.8 Å². The van der Waals surface area contributed by atoms with Crippen molar-refractivity contribution in [2.45, 2.75) is 106 Å². The van der Waals surface area contributed by atoms with Crippen LogP contribution < -0.4 is 0 Å². The van der Waals surface area contributed by atoms with E-state index in [1.165, 1.54) is 25.7 Å². The Morgan fingerprint density at radius 3 is 2.11 bits per heavy atom. The zero-order valence-corrected chi connectivity index (χ0v) is 19.9. The highest BCUT2D eigenvalue weighted by atomic mass is 16.6. The zero-order chi connectivity index (χ0) is 20.9. The van der Waals surface area contributed by atoms with Gasteiger partial charge < -0.3 is 4.74 Å². The van der Waals surface area contributed by atoms with Crippen LogP contribution in [0.2, 0.25) is 0 Å². The van der Waals surface area contributed by atoms with E-state index in [1.54, 1.807) is 0 Å². The summed E-state index contributed by atoms with van der Waals surface area (Å²) in [7, 11) is 0. The highest BCUT2D eigenvalue weighted by Crippen LogP contribution is 2.75. The van der Waals surface area contributed by atoms with E-state index in [9.17, 15) is 4.79 Å². The first kappa shape index (κ1) is 20.7. The van der Waals surface area contributed by atoms with Gasteiger partial charge in [0.15, 0.2) is 0 Å². The summed E-state index contributed by atoms with van der Waals surface area (Å²) < 4.78 is 6.64. The minimum atomic E-state index is -0.293. The van der Waals surface area contributed by atoms with Gasteiger partial charge in [0.1, 0.15) is 5.60 Å². The molecule has 4 fully saturated rings. The molecule has 2 heteroatoms. The first-order valence-electron chi connectivity index (χ1n) is 12.0. The minimum Gasteiger partial charge on any atom is -0.459 e. The molecule has 28 heavy (non-hydrogen) atoms. The second kappa shape index (κ2) is 5.79. The van der Waals surface area contributed by atoms with Crippen LogP contribution in [0.3, 0.4) is 0 Å². The molecule has 2 nitrogen and oxygen atoms in total. The molecule has 0 amide bonds. The Morgan fingerprint density at radius 1 is 0.964 bits per heavy atom. The SMILES string of the molecule is CC(C)C(C)C1(C(=O)OC2(C)CCC34CC2C(C)(C)C3CCC4C)CC1(C)C. The third kappa shape index (κ3) is 2.36. The van der Waals surface area contributed by atoms with Crippen molar-refractivity contribution in [3.63, 3.8) is 0 Å². The molecule has 0 aliphatic heterocycles. The molecule has 2 bridgehead atoms. The molecule has 0 aromatic heterocycles. The van der Waals surface area contributed by atoms with Gasteiger partial charge in [-0.3, -0.25) is 4.79 Å². The monoisotopic (exact) mass is 388 g/mol. The van der Waals surface area contributed by atoms with Gasteiger partial charge in [0.25, 0.3) is 0 Å². The fourth-order valence-electron chi connectivity index (χ4n) is 8.82. The van der Waals surface area contributed by atoms with Crippen LogP contribution in [0, 0.1) is 51.2 Å². The molecule has 4 aliphatic rings. The largest absolute Gasteiger partial charge is 0.459 e. The molecule has 4 aliphatic carbocycles. The Bertz CT molecular complexity index is 676. The smallest absolute Gasteiger partial charge is 0.313 e. The van der Waals surface area contributed by atoms with Crippen LogP contribution >= 0.6 is 0 Å². The highest BCUT2D eigenvalue weighted by molar-refractivity contribution is 5.82. The lowest BCUT2D eigenvalue weighted by Crippen LogP contribution is -2.49. The fourth-order valence-corrected chi connectivity index (χ4v) is 8.82. The first-order valence-corrected chi connectivity index (χ1v) is 12.0. The first-order chi connectivity index (χ1) is 12.7. The van der Waals surface area contributed by atoms with Crippen molar-refractivity contribution in [3.8, 4) is 0 Å². The lowest BCUT2D eigenvalue weighted by atomic mass is 9.64. The van der Waals surface area contributed by atoms with Crippen LogP contribution in [-0.2, 0) is 9.53 Å². The van der Waals surface area contributed by atoms with Gasteiger partial charge in [0, 0.05) is 5.92 Å². The van der Waals surface area contributed by atoms with Gasteiger partial charge in [0.2, 0.25) is 0 Å². The summed E-state index contributed by atoms with van der Waals surface area (Å²) in [6.07, 6.45) is 7.31. The molecular formula is C26H44O2. The van der Waals surface area contributed by atoms with Gasteiger partial charge in [0.05, 0.1) is 5.41 Å². The number of hydrogen-bond acceptors (Lipinski definition) is 2.